The maximum atomic E-state index is 8.93. The molecule has 0 bridgehead atoms. The Labute approximate surface area is 135 Å². The molecule has 2 aromatic rings. The number of aliphatic hydroxyl groups excluding tert-OH is 1. The van der Waals surface area contributed by atoms with Crippen LogP contribution in [0.1, 0.15) is 5.56 Å². The second-order valence-corrected chi connectivity index (χ2v) is 5.38. The van der Waals surface area contributed by atoms with E-state index in [0.29, 0.717) is 12.4 Å². The molecule has 3 heterocycles. The summed E-state index contributed by atoms with van der Waals surface area (Å²) in [5.41, 5.74) is 1.81. The Kier molecular flexibility index (Phi) is 4.99. The molecule has 0 radical (unpaired) electrons. The summed E-state index contributed by atoms with van der Waals surface area (Å²) in [7, 11) is 0. The van der Waals surface area contributed by atoms with Gasteiger partial charge in [-0.3, -0.25) is 0 Å². The standard InChI is InChI=1S/C16H21N5O2/c1-12-10-19-16(20-15(12)17-4-7-22)13-2-3-14(18-11-13)21-5-8-23-9-6-21/h2-3,10-11,22H,4-9H2,1H3,(H,17,19,20). The summed E-state index contributed by atoms with van der Waals surface area (Å²) < 4.78 is 5.36. The monoisotopic (exact) mass is 315 g/mol. The molecule has 0 aromatic carbocycles. The fourth-order valence-electron chi connectivity index (χ4n) is 2.43. The number of hydrogen-bond donors (Lipinski definition) is 2. The molecule has 1 aliphatic rings. The van der Waals surface area contributed by atoms with Crippen molar-refractivity contribution in [1.82, 2.24) is 15.0 Å². The minimum absolute atomic E-state index is 0.0641. The number of aryl methyl sites for hydroxylation is 1. The quantitative estimate of drug-likeness (QED) is 0.854. The number of morpholine rings is 1. The lowest BCUT2D eigenvalue weighted by Gasteiger charge is -2.27. The van der Waals surface area contributed by atoms with Crippen LogP contribution in [0, 0.1) is 6.92 Å². The summed E-state index contributed by atoms with van der Waals surface area (Å²) in [5.74, 6) is 2.31. The SMILES string of the molecule is Cc1cnc(-c2ccc(N3CCOCC3)nc2)nc1NCCO. The van der Waals surface area contributed by atoms with E-state index in [-0.39, 0.29) is 6.61 Å². The molecule has 0 unspecified atom stereocenters. The van der Waals surface area contributed by atoms with Crippen LogP contribution in [0.3, 0.4) is 0 Å². The van der Waals surface area contributed by atoms with Gasteiger partial charge in [-0.25, -0.2) is 15.0 Å². The third kappa shape index (κ3) is 3.75. The predicted molar refractivity (Wildman–Crippen MR) is 88.6 cm³/mol. The van der Waals surface area contributed by atoms with Gasteiger partial charge in [0.25, 0.3) is 0 Å². The first kappa shape index (κ1) is 15.6. The first-order chi connectivity index (χ1) is 11.3. The number of ether oxygens (including phenoxy) is 1. The molecule has 122 valence electrons. The van der Waals surface area contributed by atoms with Crippen LogP contribution in [0.2, 0.25) is 0 Å². The fourth-order valence-corrected chi connectivity index (χ4v) is 2.43. The third-order valence-corrected chi connectivity index (χ3v) is 3.72. The lowest BCUT2D eigenvalue weighted by molar-refractivity contribution is 0.122. The van der Waals surface area contributed by atoms with E-state index in [9.17, 15) is 0 Å². The molecule has 1 saturated heterocycles. The number of nitrogens with one attached hydrogen (secondary N) is 1. The van der Waals surface area contributed by atoms with Crippen LogP contribution in [0.15, 0.2) is 24.5 Å². The minimum Gasteiger partial charge on any atom is -0.395 e. The summed E-state index contributed by atoms with van der Waals surface area (Å²) in [6, 6.07) is 3.98. The van der Waals surface area contributed by atoms with Crippen molar-refractivity contribution in [3.05, 3.63) is 30.1 Å². The van der Waals surface area contributed by atoms with Crippen LogP contribution in [-0.2, 0) is 4.74 Å². The topological polar surface area (TPSA) is 83.4 Å². The van der Waals surface area contributed by atoms with Crippen LogP contribution in [0.5, 0.6) is 0 Å². The van der Waals surface area contributed by atoms with Crippen molar-refractivity contribution < 1.29 is 9.84 Å². The Balaban J connectivity index is 1.78. The molecule has 0 amide bonds. The van der Waals surface area contributed by atoms with Gasteiger partial charge in [0.05, 0.1) is 19.8 Å². The largest absolute Gasteiger partial charge is 0.395 e. The van der Waals surface area contributed by atoms with Gasteiger partial charge in [-0.15, -0.1) is 0 Å². The van der Waals surface area contributed by atoms with E-state index in [2.05, 4.69) is 25.2 Å². The Bertz CT molecular complexity index is 641. The van der Waals surface area contributed by atoms with Crippen molar-refractivity contribution in [1.29, 1.82) is 0 Å². The molecule has 0 spiro atoms. The van der Waals surface area contributed by atoms with E-state index < -0.39 is 0 Å². The van der Waals surface area contributed by atoms with Gasteiger partial charge in [-0.2, -0.15) is 0 Å². The van der Waals surface area contributed by atoms with E-state index in [4.69, 9.17) is 9.84 Å². The minimum atomic E-state index is 0.0641. The van der Waals surface area contributed by atoms with Crippen molar-refractivity contribution in [3.8, 4) is 11.4 Å². The van der Waals surface area contributed by atoms with Gasteiger partial charge in [0.15, 0.2) is 5.82 Å². The third-order valence-electron chi connectivity index (χ3n) is 3.72. The molecule has 0 atom stereocenters. The normalized spacial score (nSPS) is 14.8. The zero-order valence-electron chi connectivity index (χ0n) is 13.2. The van der Waals surface area contributed by atoms with Crippen LogP contribution >= 0.6 is 0 Å². The number of aromatic nitrogens is 3. The highest BCUT2D eigenvalue weighted by molar-refractivity contribution is 5.59. The molecule has 7 heteroatoms. The van der Waals surface area contributed by atoms with Crippen LogP contribution < -0.4 is 10.2 Å². The molecular weight excluding hydrogens is 294 g/mol. The highest BCUT2D eigenvalue weighted by atomic mass is 16.5. The van der Waals surface area contributed by atoms with Crippen LogP contribution in [0.4, 0.5) is 11.6 Å². The van der Waals surface area contributed by atoms with Gasteiger partial charge >= 0.3 is 0 Å². The number of hydrogen-bond acceptors (Lipinski definition) is 7. The molecule has 2 N–H and O–H groups in total. The number of pyridine rings is 1. The highest BCUT2D eigenvalue weighted by Gasteiger charge is 2.13. The maximum Gasteiger partial charge on any atom is 0.163 e. The van der Waals surface area contributed by atoms with Gasteiger partial charge in [0.2, 0.25) is 0 Å². The van der Waals surface area contributed by atoms with Gasteiger partial charge in [0.1, 0.15) is 11.6 Å². The van der Waals surface area contributed by atoms with E-state index in [0.717, 1.165) is 49.1 Å². The molecule has 1 fully saturated rings. The highest BCUT2D eigenvalue weighted by Crippen LogP contribution is 2.21. The van der Waals surface area contributed by atoms with Crippen molar-refractivity contribution >= 4 is 11.6 Å². The van der Waals surface area contributed by atoms with E-state index in [1.807, 2.05) is 19.1 Å². The summed E-state index contributed by atoms with van der Waals surface area (Å²) in [6.07, 6.45) is 3.57. The lowest BCUT2D eigenvalue weighted by atomic mass is 10.2. The number of anilines is 2. The zero-order chi connectivity index (χ0) is 16.1. The van der Waals surface area contributed by atoms with E-state index in [1.54, 1.807) is 12.4 Å². The molecule has 2 aromatic heterocycles. The second kappa shape index (κ2) is 7.34. The molecule has 1 aliphatic heterocycles. The Hall–Kier alpha value is -2.25. The Morgan fingerprint density at radius 1 is 1.22 bits per heavy atom. The predicted octanol–water partition coefficient (Wildman–Crippen LogP) is 1.09. The summed E-state index contributed by atoms with van der Waals surface area (Å²) in [5, 5.41) is 12.0. The van der Waals surface area contributed by atoms with Crippen molar-refractivity contribution in [3.63, 3.8) is 0 Å². The van der Waals surface area contributed by atoms with Crippen LogP contribution in [0.25, 0.3) is 11.4 Å². The fraction of sp³-hybridized carbons (Fsp3) is 0.438. The van der Waals surface area contributed by atoms with E-state index in [1.165, 1.54) is 0 Å². The van der Waals surface area contributed by atoms with Gasteiger partial charge in [-0.05, 0) is 19.1 Å². The molecule has 0 aliphatic carbocycles. The van der Waals surface area contributed by atoms with Gasteiger partial charge in [-0.1, -0.05) is 0 Å². The summed E-state index contributed by atoms with van der Waals surface area (Å²) in [6.45, 7) is 5.67. The molecule has 3 rings (SSSR count). The second-order valence-electron chi connectivity index (χ2n) is 5.38. The molecule has 23 heavy (non-hydrogen) atoms. The van der Waals surface area contributed by atoms with Crippen molar-refractivity contribution in [2.75, 3.05) is 49.7 Å². The smallest absolute Gasteiger partial charge is 0.163 e. The first-order valence-corrected chi connectivity index (χ1v) is 7.75. The summed E-state index contributed by atoms with van der Waals surface area (Å²) >= 11 is 0. The summed E-state index contributed by atoms with van der Waals surface area (Å²) in [4.78, 5) is 15.6. The molecule has 7 nitrogen and oxygen atoms in total. The first-order valence-electron chi connectivity index (χ1n) is 7.75. The van der Waals surface area contributed by atoms with Gasteiger partial charge < -0.3 is 20.1 Å². The number of aliphatic hydroxyl groups is 1. The number of rotatable bonds is 5. The van der Waals surface area contributed by atoms with Crippen LogP contribution in [-0.4, -0.2) is 59.5 Å². The Morgan fingerprint density at radius 2 is 2.04 bits per heavy atom. The lowest BCUT2D eigenvalue weighted by Crippen LogP contribution is -2.36. The Morgan fingerprint density at radius 3 is 2.74 bits per heavy atom. The van der Waals surface area contributed by atoms with Gasteiger partial charge in [0, 0.05) is 43.2 Å². The average molecular weight is 315 g/mol. The molecular formula is C16H21N5O2. The van der Waals surface area contributed by atoms with Crippen molar-refractivity contribution in [2.45, 2.75) is 6.92 Å². The zero-order valence-corrected chi connectivity index (χ0v) is 13.2. The number of nitrogens with zero attached hydrogens (tertiary/aromatic N) is 4. The molecule has 0 saturated carbocycles. The average Bonchev–Trinajstić information content (AvgIpc) is 2.62. The van der Waals surface area contributed by atoms with Crippen molar-refractivity contribution in [2.24, 2.45) is 0 Å². The van der Waals surface area contributed by atoms with E-state index >= 15 is 0 Å². The maximum absolute atomic E-state index is 8.93.